The summed E-state index contributed by atoms with van der Waals surface area (Å²) < 4.78 is 0. The lowest BCUT2D eigenvalue weighted by molar-refractivity contribution is 1.05. The molecule has 0 spiro atoms. The Hall–Kier alpha value is -6.45. The molecule has 0 fully saturated rings. The van der Waals surface area contributed by atoms with E-state index < -0.39 is 0 Å². The molecule has 236 valence electrons. The van der Waals surface area contributed by atoms with Crippen LogP contribution in [0.2, 0.25) is 0 Å². The van der Waals surface area contributed by atoms with Crippen molar-refractivity contribution in [2.24, 2.45) is 0 Å². The van der Waals surface area contributed by atoms with Gasteiger partial charge in [0.2, 0.25) is 0 Å². The standard InChI is InChI=1S/C47H33N3/c1-2-11-32(12-3-1)35-14-8-16-38(27-35)45-30-46(39-17-9-15-36(28-39)40-18-10-26-48-31-40)50-47(49-45)34-24-22-33(23-25-34)44-29-37-13-4-5-19-41(37)42-20-6-7-21-43(42)44/h1-7,9-13,15-31H,8,14H2. The zero-order valence-electron chi connectivity index (χ0n) is 27.5. The monoisotopic (exact) mass is 639 g/mol. The second kappa shape index (κ2) is 12.9. The predicted molar refractivity (Wildman–Crippen MR) is 208 cm³/mol. The number of pyridine rings is 1. The first kappa shape index (κ1) is 29.7. The van der Waals surface area contributed by atoms with Crippen LogP contribution in [0.4, 0.5) is 0 Å². The summed E-state index contributed by atoms with van der Waals surface area (Å²) in [6.07, 6.45) is 10.3. The lowest BCUT2D eigenvalue weighted by Crippen LogP contribution is -2.00. The van der Waals surface area contributed by atoms with E-state index in [1.165, 1.54) is 43.8 Å². The van der Waals surface area contributed by atoms with E-state index in [4.69, 9.17) is 9.97 Å². The minimum atomic E-state index is 0.709. The Balaban J connectivity index is 1.16. The second-order valence-corrected chi connectivity index (χ2v) is 12.8. The zero-order chi connectivity index (χ0) is 33.3. The Morgan fingerprint density at radius 1 is 0.460 bits per heavy atom. The molecule has 3 heteroatoms. The maximum atomic E-state index is 5.22. The van der Waals surface area contributed by atoms with Gasteiger partial charge in [0.05, 0.1) is 11.4 Å². The minimum absolute atomic E-state index is 0.709. The number of rotatable bonds is 6. The average Bonchev–Trinajstić information content (AvgIpc) is 3.21. The number of allylic oxidation sites excluding steroid dienone is 4. The first-order valence-electron chi connectivity index (χ1n) is 17.1. The largest absolute Gasteiger partial charge is 0.264 e. The molecular weight excluding hydrogens is 607 g/mol. The summed E-state index contributed by atoms with van der Waals surface area (Å²) in [4.78, 5) is 14.8. The topological polar surface area (TPSA) is 38.7 Å². The van der Waals surface area contributed by atoms with Crippen molar-refractivity contribution in [1.29, 1.82) is 0 Å². The van der Waals surface area contributed by atoms with Crippen LogP contribution in [0.15, 0.2) is 176 Å². The van der Waals surface area contributed by atoms with Gasteiger partial charge in [0.25, 0.3) is 0 Å². The highest BCUT2D eigenvalue weighted by atomic mass is 14.9. The SMILES string of the molecule is C1=C(c2ccccc2)CCC=C1c1cc(-c2cccc(-c3cccnc3)c2)nc(-c2ccc(-c3cc4ccccc4c4ccccc34)cc2)n1. The lowest BCUT2D eigenvalue weighted by atomic mass is 9.92. The van der Waals surface area contributed by atoms with Gasteiger partial charge in [-0.1, -0.05) is 133 Å². The molecule has 50 heavy (non-hydrogen) atoms. The average molecular weight is 640 g/mol. The van der Waals surface area contributed by atoms with E-state index in [1.807, 2.05) is 12.3 Å². The van der Waals surface area contributed by atoms with Crippen molar-refractivity contribution in [3.63, 3.8) is 0 Å². The van der Waals surface area contributed by atoms with Crippen LogP contribution in [-0.4, -0.2) is 15.0 Å². The Labute approximate surface area is 292 Å². The van der Waals surface area contributed by atoms with Crippen LogP contribution < -0.4 is 0 Å². The molecule has 0 saturated carbocycles. The Morgan fingerprint density at radius 2 is 1.16 bits per heavy atom. The van der Waals surface area contributed by atoms with E-state index >= 15 is 0 Å². The number of nitrogens with zero attached hydrogens (tertiary/aromatic N) is 3. The van der Waals surface area contributed by atoms with Crippen molar-refractivity contribution in [3.05, 3.63) is 187 Å². The molecule has 8 aromatic rings. The molecule has 2 heterocycles. The lowest BCUT2D eigenvalue weighted by Gasteiger charge is -2.16. The van der Waals surface area contributed by atoms with E-state index in [-0.39, 0.29) is 0 Å². The summed E-state index contributed by atoms with van der Waals surface area (Å²) in [6, 6.07) is 53.8. The Bertz CT molecular complexity index is 2570. The maximum Gasteiger partial charge on any atom is 0.160 e. The highest BCUT2D eigenvalue weighted by Crippen LogP contribution is 2.37. The summed E-state index contributed by atoms with van der Waals surface area (Å²) in [7, 11) is 0. The molecule has 0 radical (unpaired) electrons. The van der Waals surface area contributed by atoms with Crippen molar-refractivity contribution >= 4 is 32.7 Å². The van der Waals surface area contributed by atoms with Crippen LogP contribution in [0, 0.1) is 0 Å². The third kappa shape index (κ3) is 5.69. The highest BCUT2D eigenvalue weighted by Gasteiger charge is 2.16. The van der Waals surface area contributed by atoms with E-state index in [1.54, 1.807) is 6.20 Å². The molecule has 0 saturated heterocycles. The fourth-order valence-corrected chi connectivity index (χ4v) is 7.12. The summed E-state index contributed by atoms with van der Waals surface area (Å²) in [6.45, 7) is 0. The first-order valence-corrected chi connectivity index (χ1v) is 17.1. The van der Waals surface area contributed by atoms with E-state index in [9.17, 15) is 0 Å². The van der Waals surface area contributed by atoms with E-state index in [2.05, 4.69) is 163 Å². The zero-order valence-corrected chi connectivity index (χ0v) is 27.5. The number of hydrogen-bond donors (Lipinski definition) is 0. The molecule has 9 rings (SSSR count). The van der Waals surface area contributed by atoms with Gasteiger partial charge in [0.15, 0.2) is 5.82 Å². The molecule has 6 aromatic carbocycles. The number of benzene rings is 6. The van der Waals surface area contributed by atoms with Gasteiger partial charge in [-0.2, -0.15) is 0 Å². The molecule has 0 N–H and O–H groups in total. The molecule has 3 nitrogen and oxygen atoms in total. The highest BCUT2D eigenvalue weighted by molar-refractivity contribution is 6.13. The van der Waals surface area contributed by atoms with Crippen LogP contribution in [0.3, 0.4) is 0 Å². The molecule has 2 aromatic heterocycles. The molecule has 0 amide bonds. The van der Waals surface area contributed by atoms with Crippen molar-refractivity contribution in [3.8, 4) is 44.9 Å². The van der Waals surface area contributed by atoms with E-state index in [0.29, 0.717) is 5.82 Å². The second-order valence-electron chi connectivity index (χ2n) is 12.8. The first-order chi connectivity index (χ1) is 24.8. The van der Waals surface area contributed by atoms with Gasteiger partial charge < -0.3 is 0 Å². The van der Waals surface area contributed by atoms with Crippen molar-refractivity contribution in [2.75, 3.05) is 0 Å². The third-order valence-electron chi connectivity index (χ3n) is 9.65. The molecule has 0 bridgehead atoms. The molecule has 0 aliphatic heterocycles. The predicted octanol–water partition coefficient (Wildman–Crippen LogP) is 12.1. The van der Waals surface area contributed by atoms with Crippen LogP contribution in [-0.2, 0) is 0 Å². The van der Waals surface area contributed by atoms with E-state index in [0.717, 1.165) is 52.1 Å². The van der Waals surface area contributed by atoms with Gasteiger partial charge in [-0.05, 0) is 98.1 Å². The van der Waals surface area contributed by atoms with Crippen molar-refractivity contribution in [1.82, 2.24) is 15.0 Å². The van der Waals surface area contributed by atoms with Crippen molar-refractivity contribution in [2.45, 2.75) is 12.8 Å². The Kier molecular flexibility index (Phi) is 7.64. The Morgan fingerprint density at radius 3 is 2.00 bits per heavy atom. The molecule has 1 aliphatic rings. The fourth-order valence-electron chi connectivity index (χ4n) is 7.12. The van der Waals surface area contributed by atoms with Crippen LogP contribution >= 0.6 is 0 Å². The number of hydrogen-bond acceptors (Lipinski definition) is 3. The summed E-state index contributed by atoms with van der Waals surface area (Å²) in [5.41, 5.74) is 12.1. The smallest absolute Gasteiger partial charge is 0.160 e. The number of aromatic nitrogens is 3. The summed E-state index contributed by atoms with van der Waals surface area (Å²) in [5, 5.41) is 5.03. The van der Waals surface area contributed by atoms with Gasteiger partial charge >= 0.3 is 0 Å². The molecule has 0 atom stereocenters. The molecular formula is C47H33N3. The molecule has 0 unspecified atom stereocenters. The van der Waals surface area contributed by atoms with Gasteiger partial charge in [-0.15, -0.1) is 0 Å². The maximum absolute atomic E-state index is 5.22. The van der Waals surface area contributed by atoms with Gasteiger partial charge in [-0.3, -0.25) is 4.98 Å². The minimum Gasteiger partial charge on any atom is -0.264 e. The van der Waals surface area contributed by atoms with Gasteiger partial charge in [0.1, 0.15) is 0 Å². The van der Waals surface area contributed by atoms with Gasteiger partial charge in [-0.25, -0.2) is 9.97 Å². The van der Waals surface area contributed by atoms with Crippen molar-refractivity contribution < 1.29 is 0 Å². The normalized spacial score (nSPS) is 12.9. The fraction of sp³-hybridized carbons (Fsp3) is 0.0426. The quantitative estimate of drug-likeness (QED) is 0.170. The van der Waals surface area contributed by atoms with Crippen LogP contribution in [0.25, 0.3) is 77.6 Å². The molecule has 1 aliphatic carbocycles. The number of fused-ring (bicyclic) bond motifs is 3. The summed E-state index contributed by atoms with van der Waals surface area (Å²) >= 11 is 0. The summed E-state index contributed by atoms with van der Waals surface area (Å²) in [5.74, 6) is 0.709. The van der Waals surface area contributed by atoms with Crippen LogP contribution in [0.1, 0.15) is 24.1 Å². The van der Waals surface area contributed by atoms with Gasteiger partial charge in [0, 0.05) is 29.1 Å². The van der Waals surface area contributed by atoms with Crippen LogP contribution in [0.5, 0.6) is 0 Å². The third-order valence-corrected chi connectivity index (χ3v) is 9.65.